The van der Waals surface area contributed by atoms with Gasteiger partial charge in [0.25, 0.3) is 0 Å². The maximum absolute atomic E-state index is 12.5. The molecule has 0 spiro atoms. The summed E-state index contributed by atoms with van der Waals surface area (Å²) >= 11 is 5.72. The van der Waals surface area contributed by atoms with Gasteiger partial charge < -0.3 is 5.11 Å². The van der Waals surface area contributed by atoms with Crippen LogP contribution in [0.25, 0.3) is 0 Å². The molecule has 9 heteroatoms. The first-order chi connectivity index (χ1) is 11.6. The molecule has 4 nitrogen and oxygen atoms in total. The van der Waals surface area contributed by atoms with Crippen LogP contribution in [0.15, 0.2) is 48.5 Å². The number of hydrogen-bond acceptors (Lipinski definition) is 3. The number of nitrogens with one attached hydrogen (secondary N) is 1. The molecule has 0 aliphatic heterocycles. The number of halogens is 4. The Balaban J connectivity index is 1.96. The first-order valence-corrected chi connectivity index (χ1v) is 9.17. The molecule has 0 heterocycles. The predicted molar refractivity (Wildman–Crippen MR) is 88.5 cm³/mol. The van der Waals surface area contributed by atoms with Gasteiger partial charge in [0.15, 0.2) is 0 Å². The summed E-state index contributed by atoms with van der Waals surface area (Å²) in [6.45, 7) is -0.346. The van der Waals surface area contributed by atoms with Gasteiger partial charge in [0.2, 0.25) is 10.0 Å². The molecule has 0 amide bonds. The van der Waals surface area contributed by atoms with E-state index in [0.29, 0.717) is 10.6 Å². The highest BCUT2D eigenvalue weighted by Crippen LogP contribution is 2.29. The molecule has 0 radical (unpaired) electrons. The molecule has 2 aromatic carbocycles. The molecule has 0 bridgehead atoms. The lowest BCUT2D eigenvalue weighted by molar-refractivity contribution is -0.137. The standard InChI is InChI=1S/C16H15ClF3NO3S/c17-14-7-1-11(2-8-14)10-25(23,24)21-9-15(22)12-3-5-13(6-4-12)16(18,19)20/h1-8,15,21-22H,9-10H2. The molecule has 0 saturated heterocycles. The second-order valence-electron chi connectivity index (χ2n) is 5.37. The van der Waals surface area contributed by atoms with Crippen molar-refractivity contribution in [2.45, 2.75) is 18.0 Å². The highest BCUT2D eigenvalue weighted by molar-refractivity contribution is 7.88. The van der Waals surface area contributed by atoms with E-state index in [1.165, 1.54) is 0 Å². The predicted octanol–water partition coefficient (Wildman–Crippen LogP) is 3.51. The van der Waals surface area contributed by atoms with Crippen LogP contribution in [-0.2, 0) is 22.0 Å². The summed E-state index contributed by atoms with van der Waals surface area (Å²) in [4.78, 5) is 0. The molecular formula is C16H15ClF3NO3S. The van der Waals surface area contributed by atoms with E-state index >= 15 is 0 Å². The third kappa shape index (κ3) is 6.00. The smallest absolute Gasteiger partial charge is 0.387 e. The lowest BCUT2D eigenvalue weighted by Crippen LogP contribution is -2.29. The first-order valence-electron chi connectivity index (χ1n) is 7.14. The molecule has 2 rings (SSSR count). The number of rotatable bonds is 6. The Morgan fingerprint density at radius 1 is 1.04 bits per heavy atom. The van der Waals surface area contributed by atoms with E-state index in [2.05, 4.69) is 4.72 Å². The maximum Gasteiger partial charge on any atom is 0.416 e. The Bertz CT molecular complexity index is 806. The second kappa shape index (κ2) is 7.74. The van der Waals surface area contributed by atoms with E-state index in [4.69, 9.17) is 11.6 Å². The van der Waals surface area contributed by atoms with Crippen molar-refractivity contribution in [1.82, 2.24) is 4.72 Å². The van der Waals surface area contributed by atoms with Gasteiger partial charge in [-0.15, -0.1) is 0 Å². The van der Waals surface area contributed by atoms with Crippen LogP contribution >= 0.6 is 11.6 Å². The van der Waals surface area contributed by atoms with E-state index in [9.17, 15) is 26.7 Å². The van der Waals surface area contributed by atoms with Crippen molar-refractivity contribution in [2.24, 2.45) is 0 Å². The number of aliphatic hydroxyl groups is 1. The summed E-state index contributed by atoms with van der Waals surface area (Å²) in [7, 11) is -3.72. The molecule has 0 aliphatic carbocycles. The van der Waals surface area contributed by atoms with Crippen LogP contribution in [0.3, 0.4) is 0 Å². The summed E-state index contributed by atoms with van der Waals surface area (Å²) in [5, 5.41) is 10.4. The van der Waals surface area contributed by atoms with Crippen LogP contribution in [0.4, 0.5) is 13.2 Å². The number of aliphatic hydroxyl groups excluding tert-OH is 1. The Labute approximate surface area is 148 Å². The average molecular weight is 394 g/mol. The molecule has 0 aliphatic rings. The van der Waals surface area contributed by atoms with Gasteiger partial charge in [0, 0.05) is 11.6 Å². The van der Waals surface area contributed by atoms with Crippen LogP contribution in [0.2, 0.25) is 5.02 Å². The molecule has 25 heavy (non-hydrogen) atoms. The first kappa shape index (κ1) is 19.7. The van der Waals surface area contributed by atoms with Gasteiger partial charge in [0.1, 0.15) is 0 Å². The topological polar surface area (TPSA) is 66.4 Å². The van der Waals surface area contributed by atoms with Crippen LogP contribution in [-0.4, -0.2) is 20.1 Å². The van der Waals surface area contributed by atoms with Crippen molar-refractivity contribution >= 4 is 21.6 Å². The molecule has 136 valence electrons. The molecule has 2 aromatic rings. The zero-order valence-corrected chi connectivity index (χ0v) is 14.4. The highest BCUT2D eigenvalue weighted by Gasteiger charge is 2.30. The largest absolute Gasteiger partial charge is 0.416 e. The summed E-state index contributed by atoms with van der Waals surface area (Å²) in [6.07, 6.45) is -5.73. The zero-order valence-electron chi connectivity index (χ0n) is 12.8. The Kier molecular flexibility index (Phi) is 6.10. The lowest BCUT2D eigenvalue weighted by atomic mass is 10.1. The summed E-state index contributed by atoms with van der Waals surface area (Å²) in [5.74, 6) is -0.302. The van der Waals surface area contributed by atoms with Crippen LogP contribution in [0, 0.1) is 0 Å². The molecule has 2 N–H and O–H groups in total. The second-order valence-corrected chi connectivity index (χ2v) is 7.61. The monoisotopic (exact) mass is 393 g/mol. The van der Waals surface area contributed by atoms with Crippen LogP contribution < -0.4 is 4.72 Å². The van der Waals surface area contributed by atoms with E-state index in [0.717, 1.165) is 24.3 Å². The quantitative estimate of drug-likeness (QED) is 0.789. The summed E-state index contributed by atoms with van der Waals surface area (Å²) in [5.41, 5.74) is -0.144. The fourth-order valence-corrected chi connectivity index (χ4v) is 3.34. The van der Waals surface area contributed by atoms with E-state index in [-0.39, 0.29) is 17.9 Å². The summed E-state index contributed by atoms with van der Waals surface area (Å²) < 4.78 is 63.7. The maximum atomic E-state index is 12.5. The van der Waals surface area contributed by atoms with Crippen LogP contribution in [0.1, 0.15) is 22.8 Å². The lowest BCUT2D eigenvalue weighted by Gasteiger charge is -2.14. The number of hydrogen-bond donors (Lipinski definition) is 2. The van der Waals surface area contributed by atoms with Crippen molar-refractivity contribution in [3.05, 3.63) is 70.2 Å². The minimum atomic E-state index is -4.47. The van der Waals surface area contributed by atoms with Gasteiger partial charge in [-0.05, 0) is 35.4 Å². The molecule has 1 unspecified atom stereocenters. The molecular weight excluding hydrogens is 379 g/mol. The van der Waals surface area contributed by atoms with Gasteiger partial charge in [0.05, 0.1) is 17.4 Å². The fourth-order valence-electron chi connectivity index (χ4n) is 2.07. The minimum absolute atomic E-state index is 0.183. The van der Waals surface area contributed by atoms with Gasteiger partial charge in [-0.2, -0.15) is 13.2 Å². The van der Waals surface area contributed by atoms with E-state index in [1.807, 2.05) is 0 Å². The van der Waals surface area contributed by atoms with Crippen molar-refractivity contribution in [3.8, 4) is 0 Å². The molecule has 0 saturated carbocycles. The van der Waals surface area contributed by atoms with E-state index in [1.54, 1.807) is 24.3 Å². The van der Waals surface area contributed by atoms with Crippen molar-refractivity contribution in [1.29, 1.82) is 0 Å². The number of alkyl halides is 3. The molecule has 0 aromatic heterocycles. The van der Waals surface area contributed by atoms with Crippen molar-refractivity contribution < 1.29 is 26.7 Å². The van der Waals surface area contributed by atoms with Gasteiger partial charge in [-0.3, -0.25) is 0 Å². The molecule has 1 atom stereocenters. The molecule has 0 fully saturated rings. The third-order valence-corrected chi connectivity index (χ3v) is 4.96. The van der Waals surface area contributed by atoms with Gasteiger partial charge >= 0.3 is 6.18 Å². The van der Waals surface area contributed by atoms with Gasteiger partial charge in [-0.25, -0.2) is 13.1 Å². The number of sulfonamides is 1. The van der Waals surface area contributed by atoms with Crippen LogP contribution in [0.5, 0.6) is 0 Å². The minimum Gasteiger partial charge on any atom is -0.387 e. The highest BCUT2D eigenvalue weighted by atomic mass is 35.5. The Morgan fingerprint density at radius 3 is 2.12 bits per heavy atom. The Hall–Kier alpha value is -1.61. The SMILES string of the molecule is O=S(=O)(Cc1ccc(Cl)cc1)NCC(O)c1ccc(C(F)(F)F)cc1. The average Bonchev–Trinajstić information content (AvgIpc) is 2.54. The fraction of sp³-hybridized carbons (Fsp3) is 0.250. The van der Waals surface area contributed by atoms with Crippen molar-refractivity contribution in [3.63, 3.8) is 0 Å². The van der Waals surface area contributed by atoms with Crippen molar-refractivity contribution in [2.75, 3.05) is 6.54 Å². The third-order valence-electron chi connectivity index (χ3n) is 3.39. The normalized spacial score (nSPS) is 13.6. The van der Waals surface area contributed by atoms with E-state index < -0.39 is 27.9 Å². The zero-order chi connectivity index (χ0) is 18.7. The summed E-state index contributed by atoms with van der Waals surface area (Å²) in [6, 6.07) is 10.1. The Morgan fingerprint density at radius 2 is 1.60 bits per heavy atom. The van der Waals surface area contributed by atoms with Gasteiger partial charge in [-0.1, -0.05) is 35.9 Å². The number of benzene rings is 2.